The Morgan fingerprint density at radius 1 is 0.327 bits per heavy atom. The van der Waals surface area contributed by atoms with Gasteiger partial charge in [0.1, 0.15) is 0 Å². The van der Waals surface area contributed by atoms with Gasteiger partial charge in [0.15, 0.2) is 17.5 Å². The van der Waals surface area contributed by atoms with Gasteiger partial charge in [-0.2, -0.15) is 0 Å². The molecule has 0 amide bonds. The highest BCUT2D eigenvalue weighted by atomic mass is 15.0. The van der Waals surface area contributed by atoms with Crippen LogP contribution in [0.25, 0.3) is 88.7 Å². The second kappa shape index (κ2) is 13.4. The van der Waals surface area contributed by atoms with Crippen molar-refractivity contribution < 1.29 is 0 Å². The van der Waals surface area contributed by atoms with Crippen molar-refractivity contribution in [3.63, 3.8) is 0 Å². The first kappa shape index (κ1) is 31.5. The van der Waals surface area contributed by atoms with Crippen LogP contribution in [-0.2, 0) is 12.8 Å². The number of rotatable bonds is 7. The van der Waals surface area contributed by atoms with Crippen LogP contribution in [0.2, 0.25) is 0 Å². The molecule has 52 heavy (non-hydrogen) atoms. The Kier molecular flexibility index (Phi) is 8.09. The van der Waals surface area contributed by atoms with Crippen molar-refractivity contribution in [1.29, 1.82) is 0 Å². The molecule has 8 aromatic carbocycles. The number of hydrogen-bond acceptors (Lipinski definition) is 3. The average molecular weight is 668 g/mol. The van der Waals surface area contributed by atoms with E-state index < -0.39 is 0 Å². The first-order valence-electron chi connectivity index (χ1n) is 18.2. The van der Waals surface area contributed by atoms with Crippen molar-refractivity contribution in [2.24, 2.45) is 0 Å². The van der Waals surface area contributed by atoms with Crippen molar-refractivity contribution in [2.75, 3.05) is 0 Å². The molecule has 248 valence electrons. The lowest BCUT2D eigenvalue weighted by molar-refractivity contribution is 1.07. The smallest absolute Gasteiger partial charge is 0.164 e. The first-order valence-corrected chi connectivity index (χ1v) is 18.2. The van der Waals surface area contributed by atoms with Crippen molar-refractivity contribution in [3.8, 4) is 56.4 Å². The quantitative estimate of drug-likeness (QED) is 0.159. The molecule has 3 nitrogen and oxygen atoms in total. The van der Waals surface area contributed by atoms with Gasteiger partial charge in [-0.15, -0.1) is 0 Å². The zero-order valence-corrected chi connectivity index (χ0v) is 29.3. The molecule has 0 unspecified atom stereocenters. The largest absolute Gasteiger partial charge is 0.208 e. The van der Waals surface area contributed by atoms with Gasteiger partial charge in [0.2, 0.25) is 0 Å². The highest BCUT2D eigenvalue weighted by Crippen LogP contribution is 2.42. The van der Waals surface area contributed by atoms with Gasteiger partial charge in [-0.25, -0.2) is 15.0 Å². The Bertz CT molecular complexity index is 2690. The number of aromatic nitrogens is 3. The van der Waals surface area contributed by atoms with Gasteiger partial charge in [0.25, 0.3) is 0 Å². The third-order valence-electron chi connectivity index (χ3n) is 10.3. The van der Waals surface area contributed by atoms with Crippen LogP contribution < -0.4 is 0 Å². The second-order valence-electron chi connectivity index (χ2n) is 13.3. The Labute approximate surface area is 304 Å². The fraction of sp³-hybridized carbons (Fsp3) is 0.0816. The van der Waals surface area contributed by atoms with Crippen LogP contribution in [0.5, 0.6) is 0 Å². The summed E-state index contributed by atoms with van der Waals surface area (Å²) >= 11 is 0. The van der Waals surface area contributed by atoms with Crippen molar-refractivity contribution in [2.45, 2.75) is 26.7 Å². The molecular formula is C49H37N3. The molecule has 3 heteroatoms. The lowest BCUT2D eigenvalue weighted by Gasteiger charge is -2.17. The van der Waals surface area contributed by atoms with E-state index >= 15 is 0 Å². The average Bonchev–Trinajstić information content (AvgIpc) is 3.23. The van der Waals surface area contributed by atoms with E-state index in [9.17, 15) is 0 Å². The topological polar surface area (TPSA) is 38.7 Å². The third-order valence-corrected chi connectivity index (χ3v) is 10.3. The molecular weight excluding hydrogens is 631 g/mol. The van der Waals surface area contributed by atoms with Crippen LogP contribution in [0.3, 0.4) is 0 Å². The summed E-state index contributed by atoms with van der Waals surface area (Å²) in [6.45, 7) is 4.50. The van der Waals surface area contributed by atoms with Crippen LogP contribution in [0, 0.1) is 0 Å². The summed E-state index contributed by atoms with van der Waals surface area (Å²) < 4.78 is 0. The standard InChI is InChI=1S/C49H37N3/c1-3-32-16-11-12-21-38(32)39-28-26-36(30-33(39)4-2)40-24-15-25-43-41-22-13-14-23-42(41)45-31-37(27-29-44(45)46(40)43)49-51-47(34-17-7-5-8-18-34)50-48(52-49)35-19-9-6-10-20-35/h5-31H,3-4H2,1-2H3. The molecule has 0 atom stereocenters. The lowest BCUT2D eigenvalue weighted by atomic mass is 9.86. The SMILES string of the molecule is CCc1ccccc1-c1ccc(-c2cccc3c4ccccc4c4cc(-c5nc(-c6ccccc6)nc(-c6ccccc6)n5)ccc4c23)cc1CC. The molecule has 0 saturated carbocycles. The van der Waals surface area contributed by atoms with Crippen molar-refractivity contribution in [3.05, 3.63) is 175 Å². The minimum atomic E-state index is 0.655. The lowest BCUT2D eigenvalue weighted by Crippen LogP contribution is -2.00. The van der Waals surface area contributed by atoms with Gasteiger partial charge in [-0.1, -0.05) is 172 Å². The fourth-order valence-corrected chi connectivity index (χ4v) is 7.73. The first-order chi connectivity index (χ1) is 25.7. The zero-order chi connectivity index (χ0) is 35.0. The second-order valence-corrected chi connectivity index (χ2v) is 13.3. The Morgan fingerprint density at radius 3 is 1.50 bits per heavy atom. The monoisotopic (exact) mass is 667 g/mol. The molecule has 0 radical (unpaired) electrons. The normalized spacial score (nSPS) is 11.4. The van der Waals surface area contributed by atoms with Gasteiger partial charge in [0.05, 0.1) is 0 Å². The predicted molar refractivity (Wildman–Crippen MR) is 218 cm³/mol. The maximum Gasteiger partial charge on any atom is 0.164 e. The van der Waals surface area contributed by atoms with E-state index in [1.165, 1.54) is 65.7 Å². The summed E-state index contributed by atoms with van der Waals surface area (Å²) in [6, 6.07) is 58.4. The fourth-order valence-electron chi connectivity index (χ4n) is 7.73. The highest BCUT2D eigenvalue weighted by molar-refractivity contribution is 6.28. The van der Waals surface area contributed by atoms with Gasteiger partial charge in [0, 0.05) is 16.7 Å². The number of benzene rings is 8. The molecule has 1 aromatic heterocycles. The summed E-state index contributed by atoms with van der Waals surface area (Å²) in [4.78, 5) is 15.0. The number of hydrogen-bond donors (Lipinski definition) is 0. The molecule has 1 heterocycles. The Morgan fingerprint density at radius 2 is 0.827 bits per heavy atom. The van der Waals surface area contributed by atoms with E-state index in [-0.39, 0.29) is 0 Å². The van der Waals surface area contributed by atoms with Crippen LogP contribution in [-0.4, -0.2) is 15.0 Å². The molecule has 0 saturated heterocycles. The molecule has 9 aromatic rings. The van der Waals surface area contributed by atoms with Crippen molar-refractivity contribution >= 4 is 32.3 Å². The Balaban J connectivity index is 1.27. The zero-order valence-electron chi connectivity index (χ0n) is 29.3. The molecule has 9 rings (SSSR count). The van der Waals surface area contributed by atoms with Crippen LogP contribution in [0.15, 0.2) is 164 Å². The maximum absolute atomic E-state index is 5.06. The summed E-state index contributed by atoms with van der Waals surface area (Å²) in [5.41, 5.74) is 10.8. The van der Waals surface area contributed by atoms with E-state index in [2.05, 4.69) is 141 Å². The van der Waals surface area contributed by atoms with E-state index in [1.807, 2.05) is 36.4 Å². The van der Waals surface area contributed by atoms with Crippen LogP contribution in [0.1, 0.15) is 25.0 Å². The predicted octanol–water partition coefficient (Wildman–Crippen LogP) is 12.8. The van der Waals surface area contributed by atoms with Crippen LogP contribution in [0.4, 0.5) is 0 Å². The maximum atomic E-state index is 5.06. The van der Waals surface area contributed by atoms with Crippen LogP contribution >= 0.6 is 0 Å². The van der Waals surface area contributed by atoms with Gasteiger partial charge in [-0.05, 0) is 84.6 Å². The summed E-state index contributed by atoms with van der Waals surface area (Å²) in [6.07, 6.45) is 1.97. The summed E-state index contributed by atoms with van der Waals surface area (Å²) in [7, 11) is 0. The molecule has 0 bridgehead atoms. The number of aryl methyl sites for hydroxylation is 2. The van der Waals surface area contributed by atoms with E-state index in [0.29, 0.717) is 17.5 Å². The van der Waals surface area contributed by atoms with Gasteiger partial charge in [-0.3, -0.25) is 0 Å². The molecule has 0 aliphatic carbocycles. The Hall–Kier alpha value is -6.45. The van der Waals surface area contributed by atoms with E-state index in [0.717, 1.165) is 29.5 Å². The number of fused-ring (bicyclic) bond motifs is 6. The van der Waals surface area contributed by atoms with Gasteiger partial charge >= 0.3 is 0 Å². The minimum absolute atomic E-state index is 0.655. The van der Waals surface area contributed by atoms with E-state index in [4.69, 9.17) is 15.0 Å². The molecule has 0 aliphatic rings. The molecule has 0 spiro atoms. The number of nitrogens with zero attached hydrogens (tertiary/aromatic N) is 3. The summed E-state index contributed by atoms with van der Waals surface area (Å²) in [5, 5.41) is 7.36. The molecule has 0 N–H and O–H groups in total. The third kappa shape index (κ3) is 5.52. The highest BCUT2D eigenvalue weighted by Gasteiger charge is 2.18. The molecule has 0 fully saturated rings. The van der Waals surface area contributed by atoms with E-state index in [1.54, 1.807) is 0 Å². The summed E-state index contributed by atoms with van der Waals surface area (Å²) in [5.74, 6) is 1.97. The minimum Gasteiger partial charge on any atom is -0.208 e. The van der Waals surface area contributed by atoms with Gasteiger partial charge < -0.3 is 0 Å². The van der Waals surface area contributed by atoms with Crippen molar-refractivity contribution in [1.82, 2.24) is 15.0 Å². The molecule has 0 aliphatic heterocycles.